The molecule has 0 spiro atoms. The second kappa shape index (κ2) is 8.06. The van der Waals surface area contributed by atoms with Gasteiger partial charge in [-0.15, -0.1) is 0 Å². The Kier molecular flexibility index (Phi) is 6.08. The third kappa shape index (κ3) is 6.50. The summed E-state index contributed by atoms with van der Waals surface area (Å²) in [6, 6.07) is 8.39. The first-order valence-corrected chi connectivity index (χ1v) is 7.59. The lowest BCUT2D eigenvalue weighted by Crippen LogP contribution is -2.32. The van der Waals surface area contributed by atoms with E-state index in [-0.39, 0.29) is 11.7 Å². The zero-order chi connectivity index (χ0) is 18.4. The molecule has 0 unspecified atom stereocenters. The van der Waals surface area contributed by atoms with E-state index in [1.165, 1.54) is 30.5 Å². The summed E-state index contributed by atoms with van der Waals surface area (Å²) in [7, 11) is 0. The molecule has 1 aromatic carbocycles. The number of carbonyl (C=O) groups excluding carboxylic acids is 1. The first kappa shape index (κ1) is 18.9. The highest BCUT2D eigenvalue weighted by Gasteiger charge is 2.28. The van der Waals surface area contributed by atoms with Gasteiger partial charge in [-0.05, 0) is 43.3 Å². The molecule has 0 fully saturated rings. The van der Waals surface area contributed by atoms with Crippen molar-refractivity contribution >= 4 is 29.0 Å². The lowest BCUT2D eigenvalue weighted by molar-refractivity contribution is -0.153. The van der Waals surface area contributed by atoms with Crippen LogP contribution in [0.1, 0.15) is 6.92 Å². The molecule has 1 amide bonds. The van der Waals surface area contributed by atoms with E-state index in [4.69, 9.17) is 11.6 Å². The van der Waals surface area contributed by atoms with E-state index in [1.807, 2.05) is 0 Å². The quantitative estimate of drug-likeness (QED) is 0.799. The van der Waals surface area contributed by atoms with Gasteiger partial charge in [-0.3, -0.25) is 4.79 Å². The first-order chi connectivity index (χ1) is 11.7. The van der Waals surface area contributed by atoms with Gasteiger partial charge in [-0.1, -0.05) is 11.6 Å². The van der Waals surface area contributed by atoms with Crippen LogP contribution in [-0.2, 0) is 4.79 Å². The number of hydrogen-bond donors (Lipinski definition) is 2. The lowest BCUT2D eigenvalue weighted by atomic mass is 10.2. The monoisotopic (exact) mass is 373 g/mol. The highest BCUT2D eigenvalue weighted by Crippen LogP contribution is 2.20. The highest BCUT2D eigenvalue weighted by molar-refractivity contribution is 6.30. The number of alkyl halides is 3. The molecule has 1 heterocycles. The maximum Gasteiger partial charge on any atom is 0.422 e. The standard InChI is InChI=1S/C16H15ClF3N3O2/c1-10(15(24)23-14-7-2-11(17)8-21-14)22-12-3-5-13(6-4-12)25-9-16(18,19)20/h2-8,10,22H,9H2,1H3,(H,21,23,24)/t10-/m0/s1. The van der Waals surface area contributed by atoms with Gasteiger partial charge in [-0.2, -0.15) is 13.2 Å². The lowest BCUT2D eigenvalue weighted by Gasteiger charge is -2.15. The molecule has 1 aromatic heterocycles. The van der Waals surface area contributed by atoms with Gasteiger partial charge in [0.15, 0.2) is 6.61 Å². The predicted octanol–water partition coefficient (Wildman–Crippen LogP) is 4.12. The molecule has 1 atom stereocenters. The number of nitrogens with one attached hydrogen (secondary N) is 2. The number of ether oxygens (including phenoxy) is 1. The third-order valence-electron chi connectivity index (χ3n) is 3.01. The fourth-order valence-corrected chi connectivity index (χ4v) is 1.92. The van der Waals surface area contributed by atoms with E-state index in [1.54, 1.807) is 19.1 Å². The molecule has 2 aromatic rings. The summed E-state index contributed by atoms with van der Waals surface area (Å²) in [5, 5.41) is 6.00. The Labute approximate surface area is 147 Å². The van der Waals surface area contributed by atoms with Crippen LogP contribution in [0.5, 0.6) is 5.75 Å². The summed E-state index contributed by atoms with van der Waals surface area (Å²) in [5.74, 6) is 0.122. The number of amides is 1. The van der Waals surface area contributed by atoms with Gasteiger partial charge in [0, 0.05) is 11.9 Å². The van der Waals surface area contributed by atoms with E-state index in [2.05, 4.69) is 20.4 Å². The molecule has 25 heavy (non-hydrogen) atoms. The number of nitrogens with zero attached hydrogens (tertiary/aromatic N) is 1. The molecule has 0 aliphatic heterocycles. The number of anilines is 2. The van der Waals surface area contributed by atoms with Gasteiger partial charge in [0.2, 0.25) is 5.91 Å². The summed E-state index contributed by atoms with van der Waals surface area (Å²) < 4.78 is 40.9. The fraction of sp³-hybridized carbons (Fsp3) is 0.250. The van der Waals surface area contributed by atoms with Crippen LogP contribution in [0, 0.1) is 0 Å². The molecular weight excluding hydrogens is 359 g/mol. The summed E-state index contributed by atoms with van der Waals surface area (Å²) in [6.07, 6.45) is -2.98. The topological polar surface area (TPSA) is 63.2 Å². The minimum Gasteiger partial charge on any atom is -0.484 e. The second-order valence-corrected chi connectivity index (χ2v) is 5.58. The molecule has 0 saturated carbocycles. The Hall–Kier alpha value is -2.48. The van der Waals surface area contributed by atoms with Crippen molar-refractivity contribution in [2.24, 2.45) is 0 Å². The Morgan fingerprint density at radius 2 is 1.92 bits per heavy atom. The van der Waals surface area contributed by atoms with Crippen LogP contribution in [0.25, 0.3) is 0 Å². The number of carbonyl (C=O) groups is 1. The van der Waals surface area contributed by atoms with Gasteiger partial charge in [0.1, 0.15) is 17.6 Å². The summed E-state index contributed by atoms with van der Waals surface area (Å²) in [6.45, 7) is 0.284. The number of benzene rings is 1. The Balaban J connectivity index is 1.87. The predicted molar refractivity (Wildman–Crippen MR) is 89.0 cm³/mol. The number of halogens is 4. The SMILES string of the molecule is C[C@H](Nc1ccc(OCC(F)(F)F)cc1)C(=O)Nc1ccc(Cl)cn1. The minimum absolute atomic E-state index is 0.0883. The largest absolute Gasteiger partial charge is 0.484 e. The third-order valence-corrected chi connectivity index (χ3v) is 3.24. The first-order valence-electron chi connectivity index (χ1n) is 7.21. The minimum atomic E-state index is -4.39. The van der Waals surface area contributed by atoms with Gasteiger partial charge in [-0.25, -0.2) is 4.98 Å². The van der Waals surface area contributed by atoms with E-state index < -0.39 is 18.8 Å². The zero-order valence-electron chi connectivity index (χ0n) is 13.1. The average Bonchev–Trinajstić information content (AvgIpc) is 2.55. The summed E-state index contributed by atoms with van der Waals surface area (Å²) in [5.41, 5.74) is 0.561. The number of pyridine rings is 1. The van der Waals surface area contributed by atoms with Crippen molar-refractivity contribution < 1.29 is 22.7 Å². The molecule has 0 radical (unpaired) electrons. The Bertz CT molecular complexity index is 706. The molecule has 2 rings (SSSR count). The van der Waals surface area contributed by atoms with Crippen molar-refractivity contribution in [2.45, 2.75) is 19.1 Å². The van der Waals surface area contributed by atoms with Crippen LogP contribution in [0.4, 0.5) is 24.7 Å². The van der Waals surface area contributed by atoms with E-state index in [9.17, 15) is 18.0 Å². The molecule has 0 bridgehead atoms. The Morgan fingerprint density at radius 1 is 1.24 bits per heavy atom. The van der Waals surface area contributed by atoms with Crippen LogP contribution in [0.15, 0.2) is 42.6 Å². The molecule has 134 valence electrons. The van der Waals surface area contributed by atoms with Crippen molar-refractivity contribution in [3.05, 3.63) is 47.6 Å². The van der Waals surface area contributed by atoms with Gasteiger partial charge in [0.05, 0.1) is 5.02 Å². The van der Waals surface area contributed by atoms with E-state index in [0.29, 0.717) is 16.5 Å². The van der Waals surface area contributed by atoms with Gasteiger partial charge >= 0.3 is 6.18 Å². The van der Waals surface area contributed by atoms with Crippen LogP contribution < -0.4 is 15.4 Å². The zero-order valence-corrected chi connectivity index (χ0v) is 13.9. The molecule has 0 aliphatic carbocycles. The molecular formula is C16H15ClF3N3O2. The molecule has 5 nitrogen and oxygen atoms in total. The second-order valence-electron chi connectivity index (χ2n) is 5.15. The normalized spacial score (nSPS) is 12.4. The number of hydrogen-bond acceptors (Lipinski definition) is 4. The van der Waals surface area contributed by atoms with E-state index >= 15 is 0 Å². The van der Waals surface area contributed by atoms with E-state index in [0.717, 1.165) is 0 Å². The van der Waals surface area contributed by atoms with Gasteiger partial charge < -0.3 is 15.4 Å². The van der Waals surface area contributed by atoms with Gasteiger partial charge in [0.25, 0.3) is 0 Å². The Morgan fingerprint density at radius 3 is 2.48 bits per heavy atom. The maximum absolute atomic E-state index is 12.1. The maximum atomic E-state index is 12.1. The smallest absolute Gasteiger partial charge is 0.422 e. The summed E-state index contributed by atoms with van der Waals surface area (Å²) >= 11 is 5.72. The highest BCUT2D eigenvalue weighted by atomic mass is 35.5. The van der Waals surface area contributed by atoms with Crippen LogP contribution in [-0.4, -0.2) is 29.7 Å². The fourth-order valence-electron chi connectivity index (χ4n) is 1.81. The average molecular weight is 374 g/mol. The molecule has 2 N–H and O–H groups in total. The van der Waals surface area contributed by atoms with Crippen molar-refractivity contribution in [3.63, 3.8) is 0 Å². The number of aromatic nitrogens is 1. The number of rotatable bonds is 6. The molecule has 0 saturated heterocycles. The van der Waals surface area contributed by atoms with Crippen LogP contribution in [0.2, 0.25) is 5.02 Å². The van der Waals surface area contributed by atoms with Crippen molar-refractivity contribution in [2.75, 3.05) is 17.2 Å². The van der Waals surface area contributed by atoms with Crippen molar-refractivity contribution in [3.8, 4) is 5.75 Å². The molecule has 9 heteroatoms. The van der Waals surface area contributed by atoms with Crippen LogP contribution >= 0.6 is 11.6 Å². The molecule has 0 aliphatic rings. The van der Waals surface area contributed by atoms with Crippen molar-refractivity contribution in [1.82, 2.24) is 4.98 Å². The van der Waals surface area contributed by atoms with Crippen LogP contribution in [0.3, 0.4) is 0 Å². The van der Waals surface area contributed by atoms with Crippen molar-refractivity contribution in [1.29, 1.82) is 0 Å². The summed E-state index contributed by atoms with van der Waals surface area (Å²) in [4.78, 5) is 16.0.